The zero-order valence-electron chi connectivity index (χ0n) is 15.6. The molecule has 0 atom stereocenters. The molecule has 0 bridgehead atoms. The lowest BCUT2D eigenvalue weighted by molar-refractivity contribution is -0.140. The molecule has 0 heterocycles. The first-order valence-corrected chi connectivity index (χ1v) is 7.88. The fraction of sp³-hybridized carbons (Fsp3) is 0.500. The maximum atomic E-state index is 12.0. The Hall–Kier alpha value is -2.57. The van der Waals surface area contributed by atoms with Crippen LogP contribution >= 0.6 is 0 Å². The van der Waals surface area contributed by atoms with Gasteiger partial charge in [-0.15, -0.1) is 0 Å². The van der Waals surface area contributed by atoms with Crippen LogP contribution in [0, 0.1) is 0 Å². The number of nitrogens with one attached hydrogen (secondary N) is 1. The molecule has 0 aromatic rings. The van der Waals surface area contributed by atoms with Gasteiger partial charge in [0.05, 0.1) is 12.1 Å². The van der Waals surface area contributed by atoms with Crippen LogP contribution in [-0.2, 0) is 23.8 Å². The molecule has 140 valence electrons. The summed E-state index contributed by atoms with van der Waals surface area (Å²) in [6.07, 6.45) is 1.06. The second kappa shape index (κ2) is 11.9. The van der Waals surface area contributed by atoms with Gasteiger partial charge in [0.1, 0.15) is 19.8 Å². The van der Waals surface area contributed by atoms with Crippen LogP contribution in [-0.4, -0.2) is 44.4 Å². The molecule has 0 rings (SSSR count). The van der Waals surface area contributed by atoms with Crippen LogP contribution in [0.15, 0.2) is 34.9 Å². The SMILES string of the molecule is C=C(C)C(=O)OCCNC(=O)OCCOC(=O)C(C=C(C)C)=C(C)C. The van der Waals surface area contributed by atoms with Gasteiger partial charge in [0.2, 0.25) is 0 Å². The molecular formula is C18H27NO6. The number of carbonyl (C=O) groups is 3. The molecule has 0 saturated carbocycles. The molecule has 0 radical (unpaired) electrons. The lowest BCUT2D eigenvalue weighted by Gasteiger charge is -2.09. The van der Waals surface area contributed by atoms with Crippen molar-refractivity contribution < 1.29 is 28.6 Å². The molecule has 7 nitrogen and oxygen atoms in total. The maximum Gasteiger partial charge on any atom is 0.407 e. The van der Waals surface area contributed by atoms with Crippen molar-refractivity contribution in [3.63, 3.8) is 0 Å². The first-order valence-electron chi connectivity index (χ1n) is 7.88. The highest BCUT2D eigenvalue weighted by Crippen LogP contribution is 2.10. The molecule has 0 aromatic heterocycles. The second-order valence-electron chi connectivity index (χ2n) is 5.75. The Morgan fingerprint density at radius 2 is 1.44 bits per heavy atom. The van der Waals surface area contributed by atoms with Crippen molar-refractivity contribution >= 4 is 18.0 Å². The van der Waals surface area contributed by atoms with E-state index in [9.17, 15) is 14.4 Å². The van der Waals surface area contributed by atoms with Crippen molar-refractivity contribution in [2.45, 2.75) is 34.6 Å². The second-order valence-corrected chi connectivity index (χ2v) is 5.75. The van der Waals surface area contributed by atoms with Gasteiger partial charge >= 0.3 is 18.0 Å². The van der Waals surface area contributed by atoms with Crippen LogP contribution in [0.5, 0.6) is 0 Å². The molecule has 25 heavy (non-hydrogen) atoms. The van der Waals surface area contributed by atoms with E-state index in [1.165, 1.54) is 6.92 Å². The summed E-state index contributed by atoms with van der Waals surface area (Å²) in [7, 11) is 0. The monoisotopic (exact) mass is 353 g/mol. The number of alkyl carbamates (subject to hydrolysis) is 1. The van der Waals surface area contributed by atoms with Gasteiger partial charge in [-0.1, -0.05) is 17.7 Å². The quantitative estimate of drug-likeness (QED) is 0.225. The molecule has 0 fully saturated rings. The van der Waals surface area contributed by atoms with Crippen molar-refractivity contribution in [2.75, 3.05) is 26.4 Å². The number of rotatable bonds is 9. The Balaban J connectivity index is 4.01. The van der Waals surface area contributed by atoms with Gasteiger partial charge in [-0.2, -0.15) is 0 Å². The first kappa shape index (κ1) is 22.4. The van der Waals surface area contributed by atoms with E-state index < -0.39 is 18.0 Å². The van der Waals surface area contributed by atoms with Crippen LogP contribution < -0.4 is 5.32 Å². The molecule has 0 aliphatic heterocycles. The van der Waals surface area contributed by atoms with E-state index in [0.29, 0.717) is 5.57 Å². The third-order valence-corrected chi connectivity index (χ3v) is 2.69. The summed E-state index contributed by atoms with van der Waals surface area (Å²) in [4.78, 5) is 34.5. The lowest BCUT2D eigenvalue weighted by atomic mass is 10.1. The number of ether oxygens (including phenoxy) is 3. The Bertz CT molecular complexity index is 566. The van der Waals surface area contributed by atoms with Gasteiger partial charge in [0.25, 0.3) is 0 Å². The highest BCUT2D eigenvalue weighted by molar-refractivity contribution is 5.92. The van der Waals surface area contributed by atoms with E-state index in [1.807, 2.05) is 27.7 Å². The fourth-order valence-electron chi connectivity index (χ4n) is 1.51. The van der Waals surface area contributed by atoms with Crippen LogP contribution in [0.25, 0.3) is 0 Å². The minimum atomic E-state index is -0.686. The van der Waals surface area contributed by atoms with Crippen molar-refractivity contribution in [3.05, 3.63) is 34.9 Å². The van der Waals surface area contributed by atoms with E-state index in [0.717, 1.165) is 11.1 Å². The van der Waals surface area contributed by atoms with Crippen LogP contribution in [0.3, 0.4) is 0 Å². The molecule has 0 unspecified atom stereocenters. The molecule has 7 heteroatoms. The Kier molecular flexibility index (Phi) is 10.7. The summed E-state index contributed by atoms with van der Waals surface area (Å²) < 4.78 is 14.7. The highest BCUT2D eigenvalue weighted by Gasteiger charge is 2.11. The number of amides is 1. The van der Waals surface area contributed by atoms with E-state index >= 15 is 0 Å². The fourth-order valence-corrected chi connectivity index (χ4v) is 1.51. The topological polar surface area (TPSA) is 90.9 Å². The van der Waals surface area contributed by atoms with E-state index in [2.05, 4.69) is 11.9 Å². The van der Waals surface area contributed by atoms with Crippen LogP contribution in [0.1, 0.15) is 34.6 Å². The number of esters is 2. The van der Waals surface area contributed by atoms with Crippen molar-refractivity contribution in [2.24, 2.45) is 0 Å². The van der Waals surface area contributed by atoms with Crippen molar-refractivity contribution in [1.82, 2.24) is 5.32 Å². The molecule has 1 amide bonds. The summed E-state index contributed by atoms with van der Waals surface area (Å²) in [5, 5.41) is 2.40. The van der Waals surface area contributed by atoms with Gasteiger partial charge < -0.3 is 19.5 Å². The Labute approximate surface area is 148 Å². The van der Waals surface area contributed by atoms with E-state index in [4.69, 9.17) is 14.2 Å². The van der Waals surface area contributed by atoms with Gasteiger partial charge in [-0.25, -0.2) is 14.4 Å². The summed E-state index contributed by atoms with van der Waals surface area (Å²) in [5.74, 6) is -0.981. The van der Waals surface area contributed by atoms with Gasteiger partial charge in [0.15, 0.2) is 0 Å². The normalized spacial score (nSPS) is 9.48. The third kappa shape index (κ3) is 10.8. The van der Waals surface area contributed by atoms with Gasteiger partial charge in [-0.05, 0) is 40.7 Å². The molecule has 0 aliphatic carbocycles. The van der Waals surface area contributed by atoms with Crippen LogP contribution in [0.2, 0.25) is 0 Å². The standard InChI is InChI=1S/C18H27NO6/c1-12(2)11-15(13(3)4)17(21)24-9-10-25-18(22)19-7-8-23-16(20)14(5)6/h11H,5,7-10H2,1-4,6H3,(H,19,22). The van der Waals surface area contributed by atoms with E-state index in [-0.39, 0.29) is 31.9 Å². The minimum Gasteiger partial charge on any atom is -0.460 e. The molecule has 0 aliphatic rings. The van der Waals surface area contributed by atoms with Crippen molar-refractivity contribution in [3.8, 4) is 0 Å². The smallest absolute Gasteiger partial charge is 0.407 e. The number of hydrogen-bond acceptors (Lipinski definition) is 6. The predicted molar refractivity (Wildman–Crippen MR) is 93.9 cm³/mol. The number of carbonyl (C=O) groups excluding carboxylic acids is 3. The predicted octanol–water partition coefficient (Wildman–Crippen LogP) is 2.68. The summed E-state index contributed by atoms with van der Waals surface area (Å²) in [5.41, 5.74) is 2.60. The average molecular weight is 353 g/mol. The summed E-state index contributed by atoms with van der Waals surface area (Å²) in [6, 6.07) is 0. The Morgan fingerprint density at radius 3 is 1.96 bits per heavy atom. The average Bonchev–Trinajstić information content (AvgIpc) is 2.52. The lowest BCUT2D eigenvalue weighted by Crippen LogP contribution is -2.29. The van der Waals surface area contributed by atoms with E-state index in [1.54, 1.807) is 6.08 Å². The van der Waals surface area contributed by atoms with Gasteiger partial charge in [-0.3, -0.25) is 0 Å². The highest BCUT2D eigenvalue weighted by atomic mass is 16.6. The zero-order valence-corrected chi connectivity index (χ0v) is 15.6. The molecule has 0 saturated heterocycles. The van der Waals surface area contributed by atoms with Crippen LogP contribution in [0.4, 0.5) is 4.79 Å². The number of hydrogen-bond donors (Lipinski definition) is 1. The van der Waals surface area contributed by atoms with Crippen molar-refractivity contribution in [1.29, 1.82) is 0 Å². The summed E-state index contributed by atoms with van der Waals surface area (Å²) in [6.45, 7) is 12.4. The summed E-state index contributed by atoms with van der Waals surface area (Å²) >= 11 is 0. The largest absolute Gasteiger partial charge is 0.460 e. The molecular weight excluding hydrogens is 326 g/mol. The molecule has 0 aromatic carbocycles. The number of allylic oxidation sites excluding steroid dienone is 2. The maximum absolute atomic E-state index is 12.0. The molecule has 0 spiro atoms. The Morgan fingerprint density at radius 1 is 0.880 bits per heavy atom. The molecule has 1 N–H and O–H groups in total. The zero-order chi connectivity index (χ0) is 19.4. The third-order valence-electron chi connectivity index (χ3n) is 2.69. The first-order chi connectivity index (χ1) is 11.6. The van der Waals surface area contributed by atoms with Gasteiger partial charge in [0, 0.05) is 5.57 Å². The minimum absolute atomic E-state index is 0.0163.